The first-order valence-electron chi connectivity index (χ1n) is 9.71. The average Bonchev–Trinajstić information content (AvgIpc) is 3.03. The molecular formula is C22H18ClN3O5. The lowest BCUT2D eigenvalue weighted by Gasteiger charge is -2.30. The van der Waals surface area contributed by atoms with Gasteiger partial charge in [0.2, 0.25) is 0 Å². The number of hydrogen-bond donors (Lipinski definition) is 0. The number of allylic oxidation sites excluding steroid dienone is 2. The first-order chi connectivity index (χ1) is 14.9. The lowest BCUT2D eigenvalue weighted by Crippen LogP contribution is -2.50. The predicted octanol–water partition coefficient (Wildman–Crippen LogP) is 3.76. The fourth-order valence-corrected chi connectivity index (χ4v) is 4.19. The molecule has 1 saturated heterocycles. The van der Waals surface area contributed by atoms with Crippen LogP contribution in [0.5, 0.6) is 0 Å². The van der Waals surface area contributed by atoms with Gasteiger partial charge in [-0.25, -0.2) is 5.01 Å². The third-order valence-corrected chi connectivity index (χ3v) is 5.94. The number of hydrazine groups is 1. The van der Waals surface area contributed by atoms with Crippen LogP contribution in [-0.4, -0.2) is 32.7 Å². The Morgan fingerprint density at radius 2 is 1.61 bits per heavy atom. The molecule has 0 spiro atoms. The standard InChI is InChI=1S/C22H18ClN3O5/c23-18-11-5-1-7-14(18)13-24(20(27)17-10-4-6-12-19(17)26(30)31)25-21(28)15-8-2-3-9-16(15)22(25)29/h1-7,10-12,15-16H,8-9,13H2/t15-,16+. The molecule has 2 aliphatic rings. The molecule has 158 valence electrons. The monoisotopic (exact) mass is 439 g/mol. The Balaban J connectivity index is 1.78. The summed E-state index contributed by atoms with van der Waals surface area (Å²) in [5.41, 5.74) is -0.118. The molecule has 0 N–H and O–H groups in total. The second kappa shape index (κ2) is 8.31. The van der Waals surface area contributed by atoms with Crippen LogP contribution in [0.15, 0.2) is 60.7 Å². The number of amides is 3. The van der Waals surface area contributed by atoms with Crippen LogP contribution in [-0.2, 0) is 16.1 Å². The molecule has 0 saturated carbocycles. The number of benzene rings is 2. The van der Waals surface area contributed by atoms with E-state index in [1.807, 2.05) is 12.2 Å². The van der Waals surface area contributed by atoms with E-state index in [0.29, 0.717) is 23.4 Å². The number of halogens is 1. The van der Waals surface area contributed by atoms with Crippen LogP contribution in [0.3, 0.4) is 0 Å². The number of imide groups is 1. The maximum atomic E-state index is 13.5. The first kappa shape index (κ1) is 20.7. The van der Waals surface area contributed by atoms with Crippen molar-refractivity contribution in [1.82, 2.24) is 10.0 Å². The van der Waals surface area contributed by atoms with Gasteiger partial charge in [0.15, 0.2) is 0 Å². The summed E-state index contributed by atoms with van der Waals surface area (Å²) in [7, 11) is 0. The highest BCUT2D eigenvalue weighted by Crippen LogP contribution is 2.37. The smallest absolute Gasteiger partial charge is 0.272 e. The fraction of sp³-hybridized carbons (Fsp3) is 0.227. The molecule has 3 amide bonds. The molecule has 0 radical (unpaired) electrons. The Kier molecular flexibility index (Phi) is 5.56. The van der Waals surface area contributed by atoms with E-state index < -0.39 is 40.2 Å². The van der Waals surface area contributed by atoms with E-state index in [1.165, 1.54) is 24.3 Å². The van der Waals surface area contributed by atoms with Crippen molar-refractivity contribution in [2.24, 2.45) is 11.8 Å². The molecule has 4 rings (SSSR count). The van der Waals surface area contributed by atoms with E-state index in [9.17, 15) is 24.5 Å². The van der Waals surface area contributed by atoms with E-state index >= 15 is 0 Å². The summed E-state index contributed by atoms with van der Waals surface area (Å²) in [5.74, 6) is -2.90. The number of nitrogens with zero attached hydrogens (tertiary/aromatic N) is 3. The van der Waals surface area contributed by atoms with Gasteiger partial charge in [-0.1, -0.05) is 54.1 Å². The fourth-order valence-electron chi connectivity index (χ4n) is 3.99. The number of hydrogen-bond acceptors (Lipinski definition) is 5. The van der Waals surface area contributed by atoms with Gasteiger partial charge >= 0.3 is 0 Å². The van der Waals surface area contributed by atoms with Gasteiger partial charge in [0.05, 0.1) is 23.3 Å². The van der Waals surface area contributed by atoms with Gasteiger partial charge in [0.25, 0.3) is 23.4 Å². The number of nitro groups is 1. The second-order valence-electron chi connectivity index (χ2n) is 7.37. The van der Waals surface area contributed by atoms with Gasteiger partial charge in [-0.2, -0.15) is 5.01 Å². The van der Waals surface area contributed by atoms with Crippen molar-refractivity contribution in [2.45, 2.75) is 19.4 Å². The molecule has 1 heterocycles. The molecule has 0 unspecified atom stereocenters. The minimum atomic E-state index is -0.819. The molecule has 9 heteroatoms. The summed E-state index contributed by atoms with van der Waals surface area (Å²) >= 11 is 6.26. The van der Waals surface area contributed by atoms with Crippen molar-refractivity contribution in [3.05, 3.63) is 86.9 Å². The molecule has 2 aromatic rings. The third-order valence-electron chi connectivity index (χ3n) is 5.57. The lowest BCUT2D eigenvalue weighted by molar-refractivity contribution is -0.385. The van der Waals surface area contributed by atoms with Crippen molar-refractivity contribution >= 4 is 35.0 Å². The highest BCUT2D eigenvalue weighted by Gasteiger charge is 2.51. The van der Waals surface area contributed by atoms with Crippen LogP contribution in [0.25, 0.3) is 0 Å². The van der Waals surface area contributed by atoms with Crippen molar-refractivity contribution < 1.29 is 19.3 Å². The summed E-state index contributed by atoms with van der Waals surface area (Å²) in [6, 6.07) is 12.2. The number of carbonyl (C=O) groups is 3. The van der Waals surface area contributed by atoms with Crippen molar-refractivity contribution in [1.29, 1.82) is 0 Å². The molecule has 2 aromatic carbocycles. The van der Waals surface area contributed by atoms with Gasteiger partial charge in [-0.05, 0) is 30.5 Å². The lowest BCUT2D eigenvalue weighted by atomic mass is 9.85. The van der Waals surface area contributed by atoms with Gasteiger partial charge < -0.3 is 0 Å². The minimum Gasteiger partial charge on any atom is -0.272 e. The molecule has 8 nitrogen and oxygen atoms in total. The predicted molar refractivity (Wildman–Crippen MR) is 112 cm³/mol. The molecule has 1 aliphatic heterocycles. The van der Waals surface area contributed by atoms with E-state index in [0.717, 1.165) is 10.0 Å². The van der Waals surface area contributed by atoms with Crippen molar-refractivity contribution in [3.8, 4) is 0 Å². The number of fused-ring (bicyclic) bond motifs is 1. The quantitative estimate of drug-likeness (QED) is 0.305. The Labute approximate surface area is 182 Å². The zero-order valence-corrected chi connectivity index (χ0v) is 17.1. The van der Waals surface area contributed by atoms with Crippen LogP contribution in [0.4, 0.5) is 5.69 Å². The van der Waals surface area contributed by atoms with Gasteiger partial charge in [-0.3, -0.25) is 24.5 Å². The van der Waals surface area contributed by atoms with Gasteiger partial charge in [0.1, 0.15) is 5.56 Å². The van der Waals surface area contributed by atoms with Crippen LogP contribution in [0.2, 0.25) is 5.02 Å². The zero-order chi connectivity index (χ0) is 22.1. The normalized spacial score (nSPS) is 20.0. The first-order valence-corrected chi connectivity index (χ1v) is 10.1. The van der Waals surface area contributed by atoms with E-state index in [1.54, 1.807) is 24.3 Å². The number of carbonyl (C=O) groups excluding carboxylic acids is 3. The molecular weight excluding hydrogens is 422 g/mol. The van der Waals surface area contributed by atoms with Gasteiger partial charge in [-0.15, -0.1) is 0 Å². The second-order valence-corrected chi connectivity index (χ2v) is 7.78. The van der Waals surface area contributed by atoms with E-state index in [-0.39, 0.29) is 12.1 Å². The topological polar surface area (TPSA) is 101 Å². The maximum absolute atomic E-state index is 13.5. The number of nitro benzene ring substituents is 1. The zero-order valence-electron chi connectivity index (χ0n) is 16.3. The highest BCUT2D eigenvalue weighted by atomic mass is 35.5. The molecule has 31 heavy (non-hydrogen) atoms. The summed E-state index contributed by atoms with van der Waals surface area (Å²) in [5, 5.41) is 13.7. The summed E-state index contributed by atoms with van der Waals surface area (Å²) < 4.78 is 0. The van der Waals surface area contributed by atoms with Crippen molar-refractivity contribution in [2.75, 3.05) is 0 Å². The highest BCUT2D eigenvalue weighted by molar-refractivity contribution is 6.31. The largest absolute Gasteiger partial charge is 0.282 e. The number of rotatable bonds is 5. The van der Waals surface area contributed by atoms with Crippen LogP contribution in [0.1, 0.15) is 28.8 Å². The SMILES string of the molecule is O=C(c1ccccc1[N+](=O)[O-])N(Cc1ccccc1Cl)N1C(=O)[C@H]2CC=CC[C@H]2C1=O. The van der Waals surface area contributed by atoms with E-state index in [2.05, 4.69) is 0 Å². The Morgan fingerprint density at radius 3 is 2.23 bits per heavy atom. The molecule has 1 fully saturated rings. The molecule has 0 aromatic heterocycles. The molecule has 1 aliphatic carbocycles. The van der Waals surface area contributed by atoms with Crippen LogP contribution >= 0.6 is 11.6 Å². The van der Waals surface area contributed by atoms with E-state index in [4.69, 9.17) is 11.6 Å². The van der Waals surface area contributed by atoms with Crippen LogP contribution < -0.4 is 0 Å². The Bertz CT molecular complexity index is 1090. The molecule has 2 atom stereocenters. The Hall–Kier alpha value is -3.52. The maximum Gasteiger partial charge on any atom is 0.282 e. The third kappa shape index (κ3) is 3.70. The average molecular weight is 440 g/mol. The molecule has 0 bridgehead atoms. The summed E-state index contributed by atoms with van der Waals surface area (Å²) in [6.45, 7) is -0.186. The van der Waals surface area contributed by atoms with Crippen LogP contribution in [0, 0.1) is 22.0 Å². The summed E-state index contributed by atoms with van der Waals surface area (Å²) in [6.07, 6.45) is 4.51. The minimum absolute atomic E-state index is 0.186. The van der Waals surface area contributed by atoms with Gasteiger partial charge in [0, 0.05) is 11.1 Å². The van der Waals surface area contributed by atoms with Crippen molar-refractivity contribution in [3.63, 3.8) is 0 Å². The Morgan fingerprint density at radius 1 is 1.03 bits per heavy atom. The summed E-state index contributed by atoms with van der Waals surface area (Å²) in [4.78, 5) is 50.6. The number of para-hydroxylation sites is 1.